The van der Waals surface area contributed by atoms with E-state index in [9.17, 15) is 4.79 Å². The van der Waals surface area contributed by atoms with E-state index >= 15 is 0 Å². The Kier molecular flexibility index (Phi) is 7.29. The van der Waals surface area contributed by atoms with Crippen LogP contribution in [0, 0.1) is 0 Å². The Balaban J connectivity index is 1.57. The van der Waals surface area contributed by atoms with Crippen molar-refractivity contribution in [2.24, 2.45) is 5.10 Å². The third kappa shape index (κ3) is 5.52. The summed E-state index contributed by atoms with van der Waals surface area (Å²) in [5.41, 5.74) is 4.65. The first-order chi connectivity index (χ1) is 14.6. The third-order valence-corrected chi connectivity index (χ3v) is 4.49. The molecule has 0 heterocycles. The molecule has 6 nitrogen and oxygen atoms in total. The average molecular weight is 425 g/mol. The highest BCUT2D eigenvalue weighted by Gasteiger charge is 2.08. The summed E-state index contributed by atoms with van der Waals surface area (Å²) in [5.74, 6) is 1.45. The number of ether oxygens (including phenoxy) is 3. The minimum absolute atomic E-state index is 0.336. The molecule has 0 unspecified atom stereocenters. The van der Waals surface area contributed by atoms with E-state index in [0.717, 1.165) is 5.56 Å². The monoisotopic (exact) mass is 424 g/mol. The minimum Gasteiger partial charge on any atom is -0.493 e. The number of rotatable bonds is 8. The smallest absolute Gasteiger partial charge is 0.271 e. The highest BCUT2D eigenvalue weighted by Crippen LogP contribution is 2.29. The average Bonchev–Trinajstić information content (AvgIpc) is 2.78. The number of carbonyl (C=O) groups excluding carboxylic acids is 1. The number of benzene rings is 3. The van der Waals surface area contributed by atoms with Crippen molar-refractivity contribution in [3.05, 3.63) is 88.4 Å². The van der Waals surface area contributed by atoms with E-state index in [1.165, 1.54) is 6.21 Å². The number of nitrogens with one attached hydrogen (secondary N) is 1. The molecule has 0 aliphatic rings. The molecule has 0 atom stereocenters. The Morgan fingerprint density at radius 1 is 1.00 bits per heavy atom. The summed E-state index contributed by atoms with van der Waals surface area (Å²) in [4.78, 5) is 12.3. The normalized spacial score (nSPS) is 10.6. The van der Waals surface area contributed by atoms with Gasteiger partial charge >= 0.3 is 0 Å². The second kappa shape index (κ2) is 10.3. The van der Waals surface area contributed by atoms with Gasteiger partial charge in [-0.15, -0.1) is 0 Å². The molecular weight excluding hydrogens is 404 g/mol. The fourth-order valence-corrected chi connectivity index (χ4v) is 2.81. The standard InChI is InChI=1S/C23H21ClN2O4/c1-28-21-5-3-4-18(22(21)29-2)14-25-26-23(27)17-8-12-20(13-9-17)30-15-16-6-10-19(24)11-7-16/h3-14H,15H2,1-2H3,(H,26,27)/b25-14-. The number of hydrazone groups is 1. The molecule has 0 saturated carbocycles. The van der Waals surface area contributed by atoms with Gasteiger partial charge in [0.25, 0.3) is 5.91 Å². The van der Waals surface area contributed by atoms with Crippen molar-refractivity contribution in [2.75, 3.05) is 14.2 Å². The lowest BCUT2D eigenvalue weighted by Crippen LogP contribution is -2.17. The van der Waals surface area contributed by atoms with Crippen molar-refractivity contribution < 1.29 is 19.0 Å². The number of hydrogen-bond acceptors (Lipinski definition) is 5. The van der Waals surface area contributed by atoms with E-state index < -0.39 is 0 Å². The fraction of sp³-hybridized carbons (Fsp3) is 0.130. The maximum Gasteiger partial charge on any atom is 0.271 e. The van der Waals surface area contributed by atoms with Crippen molar-refractivity contribution in [2.45, 2.75) is 6.61 Å². The predicted octanol–water partition coefficient (Wildman–Crippen LogP) is 4.70. The van der Waals surface area contributed by atoms with E-state index in [4.69, 9.17) is 25.8 Å². The van der Waals surface area contributed by atoms with Gasteiger partial charge in [-0.25, -0.2) is 5.43 Å². The van der Waals surface area contributed by atoms with Crippen molar-refractivity contribution in [1.29, 1.82) is 0 Å². The molecule has 0 aliphatic heterocycles. The van der Waals surface area contributed by atoms with Crippen LogP contribution in [0.5, 0.6) is 17.2 Å². The number of carbonyl (C=O) groups is 1. The van der Waals surface area contributed by atoms with Crippen molar-refractivity contribution in [1.82, 2.24) is 5.43 Å². The van der Waals surface area contributed by atoms with Crippen LogP contribution in [0.2, 0.25) is 5.02 Å². The molecule has 0 saturated heterocycles. The van der Waals surface area contributed by atoms with Gasteiger partial charge in [-0.3, -0.25) is 4.79 Å². The predicted molar refractivity (Wildman–Crippen MR) is 117 cm³/mol. The maximum atomic E-state index is 12.3. The van der Waals surface area contributed by atoms with Crippen LogP contribution in [0.1, 0.15) is 21.5 Å². The zero-order valence-electron chi connectivity index (χ0n) is 16.6. The first kappa shape index (κ1) is 21.2. The van der Waals surface area contributed by atoms with E-state index in [1.807, 2.05) is 36.4 Å². The lowest BCUT2D eigenvalue weighted by atomic mass is 10.2. The number of hydrogen-bond donors (Lipinski definition) is 1. The van der Waals surface area contributed by atoms with E-state index in [2.05, 4.69) is 10.5 Å². The van der Waals surface area contributed by atoms with E-state index in [-0.39, 0.29) is 5.91 Å². The number of methoxy groups -OCH3 is 2. The summed E-state index contributed by atoms with van der Waals surface area (Å²) in [5, 5.41) is 4.69. The lowest BCUT2D eigenvalue weighted by molar-refractivity contribution is 0.0955. The van der Waals surface area contributed by atoms with Crippen LogP contribution < -0.4 is 19.6 Å². The van der Waals surface area contributed by atoms with Crippen LogP contribution in [-0.2, 0) is 6.61 Å². The molecule has 154 valence electrons. The van der Waals surface area contributed by atoms with Crippen molar-refractivity contribution >= 4 is 23.7 Å². The molecule has 0 fully saturated rings. The summed E-state index contributed by atoms with van der Waals surface area (Å²) in [7, 11) is 3.10. The molecular formula is C23H21ClN2O4. The molecule has 3 aromatic carbocycles. The van der Waals surface area contributed by atoms with Crippen LogP contribution in [0.15, 0.2) is 71.8 Å². The van der Waals surface area contributed by atoms with Gasteiger partial charge in [-0.1, -0.05) is 29.8 Å². The van der Waals surface area contributed by atoms with Gasteiger partial charge in [0.05, 0.1) is 20.4 Å². The van der Waals surface area contributed by atoms with Crippen LogP contribution >= 0.6 is 11.6 Å². The molecule has 7 heteroatoms. The van der Waals surface area contributed by atoms with Gasteiger partial charge in [0.15, 0.2) is 11.5 Å². The van der Waals surface area contributed by atoms with Gasteiger partial charge in [0, 0.05) is 16.1 Å². The molecule has 0 aliphatic carbocycles. The summed E-state index contributed by atoms with van der Waals surface area (Å²) in [6.45, 7) is 0.412. The topological polar surface area (TPSA) is 69.2 Å². The molecule has 3 aromatic rings. The minimum atomic E-state index is -0.336. The molecule has 0 bridgehead atoms. The number of nitrogens with zero attached hydrogens (tertiary/aromatic N) is 1. The zero-order valence-corrected chi connectivity index (χ0v) is 17.3. The Labute approximate surface area is 180 Å². The zero-order chi connectivity index (χ0) is 21.3. The number of amides is 1. The molecule has 3 rings (SSSR count). The molecule has 0 spiro atoms. The first-order valence-electron chi connectivity index (χ1n) is 9.12. The fourth-order valence-electron chi connectivity index (χ4n) is 2.69. The summed E-state index contributed by atoms with van der Waals surface area (Å²) in [6.07, 6.45) is 1.50. The van der Waals surface area contributed by atoms with E-state index in [1.54, 1.807) is 44.6 Å². The second-order valence-electron chi connectivity index (χ2n) is 6.22. The Hall–Kier alpha value is -3.51. The molecule has 0 aromatic heterocycles. The van der Waals surface area contributed by atoms with Crippen molar-refractivity contribution in [3.63, 3.8) is 0 Å². The number of halogens is 1. The summed E-state index contributed by atoms with van der Waals surface area (Å²) in [6, 6.07) is 19.7. The van der Waals surface area contributed by atoms with Gasteiger partial charge in [-0.2, -0.15) is 5.10 Å². The van der Waals surface area contributed by atoms with Gasteiger partial charge in [-0.05, 0) is 54.1 Å². The van der Waals surface area contributed by atoms with Crippen LogP contribution in [0.25, 0.3) is 0 Å². The highest BCUT2D eigenvalue weighted by molar-refractivity contribution is 6.30. The van der Waals surface area contributed by atoms with Gasteiger partial charge < -0.3 is 14.2 Å². The Bertz CT molecular complexity index is 1020. The van der Waals surface area contributed by atoms with Gasteiger partial charge in [0.2, 0.25) is 0 Å². The van der Waals surface area contributed by atoms with Crippen LogP contribution in [-0.4, -0.2) is 26.3 Å². The Morgan fingerprint density at radius 2 is 1.73 bits per heavy atom. The molecule has 0 radical (unpaired) electrons. The van der Waals surface area contributed by atoms with Crippen molar-refractivity contribution in [3.8, 4) is 17.2 Å². The SMILES string of the molecule is COc1cccc(/C=N\NC(=O)c2ccc(OCc3ccc(Cl)cc3)cc2)c1OC. The molecule has 1 N–H and O–H groups in total. The van der Waals surface area contributed by atoms with Crippen LogP contribution in [0.4, 0.5) is 0 Å². The summed E-state index contributed by atoms with van der Waals surface area (Å²) >= 11 is 5.88. The lowest BCUT2D eigenvalue weighted by Gasteiger charge is -2.09. The second-order valence-corrected chi connectivity index (χ2v) is 6.66. The molecule has 30 heavy (non-hydrogen) atoms. The highest BCUT2D eigenvalue weighted by atomic mass is 35.5. The Morgan fingerprint density at radius 3 is 2.40 bits per heavy atom. The maximum absolute atomic E-state index is 12.3. The first-order valence-corrected chi connectivity index (χ1v) is 9.50. The number of para-hydroxylation sites is 1. The largest absolute Gasteiger partial charge is 0.493 e. The third-order valence-electron chi connectivity index (χ3n) is 4.24. The quantitative estimate of drug-likeness (QED) is 0.420. The molecule has 1 amide bonds. The summed E-state index contributed by atoms with van der Waals surface area (Å²) < 4.78 is 16.3. The van der Waals surface area contributed by atoms with E-state index in [0.29, 0.717) is 40.0 Å². The van der Waals surface area contributed by atoms with Crippen LogP contribution in [0.3, 0.4) is 0 Å². The van der Waals surface area contributed by atoms with Gasteiger partial charge in [0.1, 0.15) is 12.4 Å².